The third-order valence-electron chi connectivity index (χ3n) is 4.47. The van der Waals surface area contributed by atoms with Crippen LogP contribution in [-0.2, 0) is 13.1 Å². The van der Waals surface area contributed by atoms with Crippen LogP contribution in [0.25, 0.3) is 0 Å². The zero-order valence-corrected chi connectivity index (χ0v) is 13.6. The van der Waals surface area contributed by atoms with Crippen LogP contribution in [0.5, 0.6) is 0 Å². The Labute approximate surface area is 137 Å². The quantitative estimate of drug-likeness (QED) is 0.891. The summed E-state index contributed by atoms with van der Waals surface area (Å²) >= 11 is 0. The first kappa shape index (κ1) is 15.6. The summed E-state index contributed by atoms with van der Waals surface area (Å²) in [5.74, 6) is 0.701. The van der Waals surface area contributed by atoms with Crippen molar-refractivity contribution in [2.75, 3.05) is 13.6 Å². The highest BCUT2D eigenvalue weighted by Crippen LogP contribution is 2.26. The highest BCUT2D eigenvalue weighted by atomic mass is 16.2. The summed E-state index contributed by atoms with van der Waals surface area (Å²) in [6.45, 7) is 2.20. The molecule has 5 heteroatoms. The lowest BCUT2D eigenvalue weighted by atomic mass is 9.85. The predicted octanol–water partition coefficient (Wildman–Crippen LogP) is 2.87. The van der Waals surface area contributed by atoms with Gasteiger partial charge < -0.3 is 10.2 Å². The lowest BCUT2D eigenvalue weighted by molar-refractivity contribution is 0.182. The summed E-state index contributed by atoms with van der Waals surface area (Å²) in [7, 11) is 1.88. The Bertz CT molecular complexity index is 617. The minimum Gasteiger partial charge on any atom is -0.334 e. The Kier molecular flexibility index (Phi) is 4.95. The van der Waals surface area contributed by atoms with Crippen LogP contribution in [0.4, 0.5) is 4.79 Å². The van der Waals surface area contributed by atoms with E-state index in [1.54, 1.807) is 11.1 Å². The summed E-state index contributed by atoms with van der Waals surface area (Å²) in [5.41, 5.74) is 2.31. The van der Waals surface area contributed by atoms with Crippen LogP contribution in [-0.4, -0.2) is 34.3 Å². The molecule has 2 amide bonds. The largest absolute Gasteiger partial charge is 0.334 e. The van der Waals surface area contributed by atoms with Crippen molar-refractivity contribution in [2.45, 2.75) is 32.4 Å². The van der Waals surface area contributed by atoms with Gasteiger partial charge in [0.25, 0.3) is 0 Å². The number of amides is 2. The molecule has 0 bridgehead atoms. The summed E-state index contributed by atoms with van der Waals surface area (Å²) in [4.78, 5) is 13.9. The number of benzene rings is 1. The zero-order valence-electron chi connectivity index (χ0n) is 13.6. The van der Waals surface area contributed by atoms with Crippen molar-refractivity contribution in [1.29, 1.82) is 0 Å². The van der Waals surface area contributed by atoms with E-state index in [-0.39, 0.29) is 6.03 Å². The normalized spacial score (nSPS) is 14.3. The fourth-order valence-corrected chi connectivity index (χ4v) is 2.80. The molecule has 0 spiro atoms. The third kappa shape index (κ3) is 4.34. The molecular formula is C18H24N4O. The number of nitrogens with one attached hydrogen (secondary N) is 1. The predicted molar refractivity (Wildman–Crippen MR) is 90.0 cm³/mol. The Morgan fingerprint density at radius 1 is 1.30 bits per heavy atom. The molecule has 122 valence electrons. The average molecular weight is 312 g/mol. The van der Waals surface area contributed by atoms with Crippen molar-refractivity contribution >= 4 is 6.03 Å². The Hall–Kier alpha value is -2.30. The molecule has 0 aliphatic heterocycles. The standard InChI is InChI=1S/C18H24N4O/c1-21(13-16-4-2-5-16)18(23)19-12-15-6-8-17(9-7-15)14-22-11-3-10-20-22/h3,6-11,16H,2,4-5,12-14H2,1H3,(H,19,23). The molecular weight excluding hydrogens is 288 g/mol. The molecule has 1 fully saturated rings. The van der Waals surface area contributed by atoms with E-state index in [9.17, 15) is 4.79 Å². The highest BCUT2D eigenvalue weighted by Gasteiger charge is 2.21. The SMILES string of the molecule is CN(CC1CCC1)C(=O)NCc1ccc(Cn2cccn2)cc1. The van der Waals surface area contributed by atoms with Crippen LogP contribution in [0.2, 0.25) is 0 Å². The molecule has 0 atom stereocenters. The van der Waals surface area contributed by atoms with Gasteiger partial charge in [0, 0.05) is 32.5 Å². The van der Waals surface area contributed by atoms with Crippen LogP contribution in [0.15, 0.2) is 42.7 Å². The van der Waals surface area contributed by atoms with Gasteiger partial charge in [-0.1, -0.05) is 30.7 Å². The molecule has 1 aliphatic carbocycles. The minimum absolute atomic E-state index is 0.0116. The fourth-order valence-electron chi connectivity index (χ4n) is 2.80. The van der Waals surface area contributed by atoms with Gasteiger partial charge in [-0.2, -0.15) is 5.10 Å². The number of aromatic nitrogens is 2. The number of nitrogens with zero attached hydrogens (tertiary/aromatic N) is 3. The second-order valence-electron chi connectivity index (χ2n) is 6.36. The maximum absolute atomic E-state index is 12.1. The summed E-state index contributed by atoms with van der Waals surface area (Å²) in [6, 6.07) is 10.2. The second-order valence-corrected chi connectivity index (χ2v) is 6.36. The summed E-state index contributed by atoms with van der Waals surface area (Å²) < 4.78 is 1.90. The van der Waals surface area contributed by atoms with E-state index in [0.29, 0.717) is 12.5 Å². The van der Waals surface area contributed by atoms with Gasteiger partial charge >= 0.3 is 6.03 Å². The topological polar surface area (TPSA) is 50.2 Å². The maximum atomic E-state index is 12.1. The van der Waals surface area contributed by atoms with Crippen LogP contribution in [0, 0.1) is 5.92 Å². The molecule has 1 aromatic carbocycles. The van der Waals surface area contributed by atoms with E-state index in [0.717, 1.165) is 18.7 Å². The molecule has 1 aromatic heterocycles. The van der Waals surface area contributed by atoms with E-state index >= 15 is 0 Å². The van der Waals surface area contributed by atoms with Gasteiger partial charge in [0.2, 0.25) is 0 Å². The van der Waals surface area contributed by atoms with Gasteiger partial charge in [-0.25, -0.2) is 4.79 Å². The zero-order chi connectivity index (χ0) is 16.1. The number of carbonyl (C=O) groups is 1. The van der Waals surface area contributed by atoms with Gasteiger partial charge in [0.05, 0.1) is 6.54 Å². The fraction of sp³-hybridized carbons (Fsp3) is 0.444. The molecule has 2 aromatic rings. The lowest BCUT2D eigenvalue weighted by Gasteiger charge is -2.30. The van der Waals surface area contributed by atoms with E-state index in [2.05, 4.69) is 34.7 Å². The third-order valence-corrected chi connectivity index (χ3v) is 4.47. The van der Waals surface area contributed by atoms with Crippen LogP contribution in [0.3, 0.4) is 0 Å². The first-order valence-electron chi connectivity index (χ1n) is 8.25. The first-order chi connectivity index (χ1) is 11.2. The van der Waals surface area contributed by atoms with E-state index in [4.69, 9.17) is 0 Å². The van der Waals surface area contributed by atoms with Crippen molar-refractivity contribution in [1.82, 2.24) is 20.0 Å². The van der Waals surface area contributed by atoms with Crippen molar-refractivity contribution in [3.63, 3.8) is 0 Å². The van der Waals surface area contributed by atoms with Crippen molar-refractivity contribution in [3.8, 4) is 0 Å². The number of carbonyl (C=O) groups excluding carboxylic acids is 1. The van der Waals surface area contributed by atoms with E-state index in [1.165, 1.54) is 24.8 Å². The Morgan fingerprint density at radius 3 is 2.65 bits per heavy atom. The molecule has 23 heavy (non-hydrogen) atoms. The monoisotopic (exact) mass is 312 g/mol. The van der Waals surface area contributed by atoms with Crippen LogP contribution in [0.1, 0.15) is 30.4 Å². The smallest absolute Gasteiger partial charge is 0.317 e. The second kappa shape index (κ2) is 7.31. The van der Waals surface area contributed by atoms with Gasteiger partial charge in [0.15, 0.2) is 0 Å². The maximum Gasteiger partial charge on any atom is 0.317 e. The lowest BCUT2D eigenvalue weighted by Crippen LogP contribution is -2.40. The molecule has 0 unspecified atom stereocenters. The molecule has 3 rings (SSSR count). The first-order valence-corrected chi connectivity index (χ1v) is 8.25. The minimum atomic E-state index is 0.0116. The summed E-state index contributed by atoms with van der Waals surface area (Å²) in [6.07, 6.45) is 7.56. The van der Waals surface area contributed by atoms with E-state index in [1.807, 2.05) is 24.0 Å². The van der Waals surface area contributed by atoms with Crippen molar-refractivity contribution in [2.24, 2.45) is 5.92 Å². The molecule has 1 heterocycles. The van der Waals surface area contributed by atoms with Crippen LogP contribution >= 0.6 is 0 Å². The number of rotatable bonds is 6. The average Bonchev–Trinajstić information content (AvgIpc) is 3.02. The molecule has 1 N–H and O–H groups in total. The van der Waals surface area contributed by atoms with Gasteiger partial charge in [-0.3, -0.25) is 4.68 Å². The molecule has 5 nitrogen and oxygen atoms in total. The van der Waals surface area contributed by atoms with Crippen molar-refractivity contribution < 1.29 is 4.79 Å². The number of urea groups is 1. The molecule has 0 radical (unpaired) electrons. The Balaban J connectivity index is 1.45. The van der Waals surface area contributed by atoms with Crippen LogP contribution < -0.4 is 5.32 Å². The number of hydrogen-bond donors (Lipinski definition) is 1. The summed E-state index contributed by atoms with van der Waals surface area (Å²) in [5, 5.41) is 7.19. The van der Waals surface area contributed by atoms with Gasteiger partial charge in [0.1, 0.15) is 0 Å². The van der Waals surface area contributed by atoms with E-state index < -0.39 is 0 Å². The van der Waals surface area contributed by atoms with Gasteiger partial charge in [-0.05, 0) is 36.0 Å². The van der Waals surface area contributed by atoms with Crippen molar-refractivity contribution in [3.05, 3.63) is 53.9 Å². The Morgan fingerprint density at radius 2 is 2.04 bits per heavy atom. The van der Waals surface area contributed by atoms with Gasteiger partial charge in [-0.15, -0.1) is 0 Å². The molecule has 1 saturated carbocycles. The highest BCUT2D eigenvalue weighted by molar-refractivity contribution is 5.73. The molecule has 0 saturated heterocycles. The molecule has 1 aliphatic rings. The number of hydrogen-bond acceptors (Lipinski definition) is 2.